The van der Waals surface area contributed by atoms with Gasteiger partial charge >= 0.3 is 18.2 Å². The second-order valence-corrected chi connectivity index (χ2v) is 14.3. The third-order valence-electron chi connectivity index (χ3n) is 7.20. The Hall–Kier alpha value is -4.56. The van der Waals surface area contributed by atoms with Gasteiger partial charge in [0.25, 0.3) is 0 Å². The Bertz CT molecular complexity index is 1670. The number of carbonyl (C=O) groups is 3. The second-order valence-electron chi connectivity index (χ2n) is 13.5. The summed E-state index contributed by atoms with van der Waals surface area (Å²) < 4.78 is 22.1. The van der Waals surface area contributed by atoms with E-state index in [9.17, 15) is 14.4 Å². The largest absolute Gasteiger partial charge is 0.495 e. The zero-order chi connectivity index (χ0) is 36.6. The SMILES string of the molecule is COc1cc(OC)c(Cl)c(N(C(=O)OC(C)(C)C)C(=O)N(C2=CC(NC(=O)OC(C)(C)C)(c3c(C)cccc3N)N=C(N)N2)C2CC2)c1Cl. The van der Waals surface area contributed by atoms with Crippen molar-refractivity contribution in [2.24, 2.45) is 10.7 Å². The van der Waals surface area contributed by atoms with Crippen LogP contribution in [0.2, 0.25) is 10.0 Å². The van der Waals surface area contributed by atoms with Gasteiger partial charge in [0.2, 0.25) is 0 Å². The van der Waals surface area contributed by atoms with Gasteiger partial charge in [0.15, 0.2) is 11.6 Å². The van der Waals surface area contributed by atoms with Gasteiger partial charge in [-0.1, -0.05) is 35.3 Å². The Morgan fingerprint density at radius 1 is 0.980 bits per heavy atom. The first-order valence-corrected chi connectivity index (χ1v) is 16.2. The molecule has 0 saturated heterocycles. The van der Waals surface area contributed by atoms with Gasteiger partial charge in [-0.2, -0.15) is 4.90 Å². The second kappa shape index (κ2) is 13.7. The number of ether oxygens (including phenoxy) is 4. The van der Waals surface area contributed by atoms with Gasteiger partial charge in [-0.3, -0.25) is 10.2 Å². The highest BCUT2D eigenvalue weighted by atomic mass is 35.5. The van der Waals surface area contributed by atoms with Gasteiger partial charge in [-0.25, -0.2) is 19.4 Å². The zero-order valence-corrected chi connectivity index (χ0v) is 30.5. The van der Waals surface area contributed by atoms with Crippen molar-refractivity contribution in [2.45, 2.75) is 84.2 Å². The first-order chi connectivity index (χ1) is 22.7. The molecule has 1 atom stereocenters. The maximum Gasteiger partial charge on any atom is 0.423 e. The molecule has 4 amide bonds. The van der Waals surface area contributed by atoms with Gasteiger partial charge in [0.05, 0.1) is 14.2 Å². The molecule has 0 aromatic heterocycles. The summed E-state index contributed by atoms with van der Waals surface area (Å²) in [4.78, 5) is 48.9. The summed E-state index contributed by atoms with van der Waals surface area (Å²) in [6.45, 7) is 11.9. The Balaban J connectivity index is 1.97. The first-order valence-electron chi connectivity index (χ1n) is 15.4. The molecule has 266 valence electrons. The molecule has 2 aliphatic rings. The highest BCUT2D eigenvalue weighted by Crippen LogP contribution is 2.48. The number of nitrogens with one attached hydrogen (secondary N) is 2. The van der Waals surface area contributed by atoms with E-state index in [1.165, 1.54) is 31.3 Å². The number of guanidine groups is 1. The Morgan fingerprint density at radius 3 is 2.04 bits per heavy atom. The summed E-state index contributed by atoms with van der Waals surface area (Å²) >= 11 is 13.5. The molecule has 49 heavy (non-hydrogen) atoms. The van der Waals surface area contributed by atoms with Crippen molar-refractivity contribution >= 4 is 58.8 Å². The third-order valence-corrected chi connectivity index (χ3v) is 7.93. The lowest BCUT2D eigenvalue weighted by molar-refractivity contribution is 0.0476. The van der Waals surface area contributed by atoms with Crippen LogP contribution in [0, 0.1) is 6.92 Å². The Morgan fingerprint density at radius 2 is 1.55 bits per heavy atom. The van der Waals surface area contributed by atoms with E-state index in [-0.39, 0.29) is 44.7 Å². The average Bonchev–Trinajstić information content (AvgIpc) is 3.78. The van der Waals surface area contributed by atoms with Crippen LogP contribution in [0.5, 0.6) is 11.5 Å². The number of rotatable bonds is 7. The number of benzene rings is 2. The summed E-state index contributed by atoms with van der Waals surface area (Å²) in [5, 5.41) is 5.46. The number of urea groups is 1. The van der Waals surface area contributed by atoms with E-state index in [2.05, 4.69) is 15.6 Å². The number of nitrogens with zero attached hydrogens (tertiary/aromatic N) is 3. The van der Waals surface area contributed by atoms with Crippen molar-refractivity contribution in [2.75, 3.05) is 24.9 Å². The minimum atomic E-state index is -1.76. The number of hydrogen-bond acceptors (Lipinski definition) is 11. The number of nitrogen functional groups attached to an aromatic ring is 1. The van der Waals surface area contributed by atoms with Gasteiger partial charge in [0.1, 0.15) is 44.3 Å². The highest BCUT2D eigenvalue weighted by molar-refractivity contribution is 6.43. The minimum absolute atomic E-state index is 0.0781. The fourth-order valence-corrected chi connectivity index (χ4v) is 5.88. The van der Waals surface area contributed by atoms with Gasteiger partial charge in [-0.15, -0.1) is 0 Å². The summed E-state index contributed by atoms with van der Waals surface area (Å²) in [5.74, 6) is 0.0745. The monoisotopic (exact) mass is 719 g/mol. The van der Waals surface area contributed by atoms with Gasteiger partial charge in [0, 0.05) is 29.4 Å². The van der Waals surface area contributed by atoms with Crippen molar-refractivity contribution in [3.8, 4) is 11.5 Å². The first kappa shape index (κ1) is 37.3. The summed E-state index contributed by atoms with van der Waals surface area (Å²) in [6, 6.07) is 5.28. The number of methoxy groups -OCH3 is 2. The molecule has 1 aliphatic heterocycles. The average molecular weight is 721 g/mol. The number of carbonyl (C=O) groups excluding carboxylic acids is 3. The molecule has 16 heteroatoms. The van der Waals surface area contributed by atoms with Crippen LogP contribution in [-0.2, 0) is 15.1 Å². The van der Waals surface area contributed by atoms with Crippen molar-refractivity contribution < 1.29 is 33.3 Å². The lowest BCUT2D eigenvalue weighted by Crippen LogP contribution is -2.56. The van der Waals surface area contributed by atoms with Crippen LogP contribution in [0.1, 0.15) is 65.5 Å². The molecule has 14 nitrogen and oxygen atoms in total. The van der Waals surface area contributed by atoms with E-state index < -0.39 is 41.1 Å². The molecule has 0 radical (unpaired) electrons. The predicted molar refractivity (Wildman–Crippen MR) is 188 cm³/mol. The quantitative estimate of drug-likeness (QED) is 0.235. The van der Waals surface area contributed by atoms with Gasteiger partial charge in [-0.05, 0) is 72.9 Å². The molecule has 0 spiro atoms. The van der Waals surface area contributed by atoms with E-state index in [1.54, 1.807) is 66.7 Å². The van der Waals surface area contributed by atoms with Crippen molar-refractivity contribution in [1.29, 1.82) is 0 Å². The van der Waals surface area contributed by atoms with E-state index in [4.69, 9.17) is 53.6 Å². The van der Waals surface area contributed by atoms with Crippen LogP contribution in [0.4, 0.5) is 25.8 Å². The number of amides is 4. The normalized spacial score (nSPS) is 17.5. The van der Waals surface area contributed by atoms with Crippen LogP contribution >= 0.6 is 23.2 Å². The fraction of sp³-hybridized carbons (Fsp3) is 0.455. The smallest absolute Gasteiger partial charge is 0.423 e. The molecular formula is C33H43Cl2N7O7. The molecule has 1 aliphatic carbocycles. The molecule has 6 N–H and O–H groups in total. The fourth-order valence-electron chi connectivity index (χ4n) is 5.21. The number of hydrogen-bond donors (Lipinski definition) is 4. The molecule has 1 unspecified atom stereocenters. The molecule has 1 saturated carbocycles. The summed E-state index contributed by atoms with van der Waals surface area (Å²) in [5.41, 5.74) is 10.3. The molecule has 1 fully saturated rings. The van der Waals surface area contributed by atoms with Crippen LogP contribution in [-0.4, -0.2) is 60.5 Å². The molecule has 2 aromatic carbocycles. The number of aryl methyl sites for hydroxylation is 1. The molecule has 4 rings (SSSR count). The number of halogens is 2. The third kappa shape index (κ3) is 8.19. The van der Waals surface area contributed by atoms with Crippen LogP contribution in [0.15, 0.2) is 41.2 Å². The van der Waals surface area contributed by atoms with Crippen molar-refractivity contribution in [3.05, 3.63) is 57.3 Å². The topological polar surface area (TPSA) is 183 Å². The maximum absolute atomic E-state index is 14.9. The maximum atomic E-state index is 14.9. The number of nitrogens with two attached hydrogens (primary N) is 2. The minimum Gasteiger partial charge on any atom is -0.495 e. The molecule has 0 bridgehead atoms. The van der Waals surface area contributed by atoms with Crippen molar-refractivity contribution in [3.63, 3.8) is 0 Å². The van der Waals surface area contributed by atoms with E-state index in [1.807, 2.05) is 0 Å². The Labute approximate surface area is 295 Å². The van der Waals surface area contributed by atoms with E-state index >= 15 is 0 Å². The number of aliphatic imine (C=N–C) groups is 1. The lowest BCUT2D eigenvalue weighted by atomic mass is 9.92. The standard InChI is InChI=1S/C33H43Cl2N7O7/c1-17-11-10-12-19(36)23(17)33(40-28(43)48-31(2,3)4)16-22(38-27(37)39-33)41(18-13-14-18)29(44)42(30(45)49-32(5,6)7)26-24(34)20(46-8)15-21(47-9)25(26)35/h10-12,15-16,18H,13-14,36H2,1-9H3,(H,40,43)(H3,37,38,39). The van der Waals surface area contributed by atoms with Crippen LogP contribution < -0.4 is 36.5 Å². The number of alkyl carbamates (subject to hydrolysis) is 1. The zero-order valence-electron chi connectivity index (χ0n) is 29.0. The number of imide groups is 1. The van der Waals surface area contributed by atoms with Crippen LogP contribution in [0.25, 0.3) is 0 Å². The van der Waals surface area contributed by atoms with Crippen LogP contribution in [0.3, 0.4) is 0 Å². The highest BCUT2D eigenvalue weighted by Gasteiger charge is 2.47. The van der Waals surface area contributed by atoms with Gasteiger partial charge < -0.3 is 35.7 Å². The Kier molecular flexibility index (Phi) is 10.5. The predicted octanol–water partition coefficient (Wildman–Crippen LogP) is 6.36. The number of anilines is 2. The van der Waals surface area contributed by atoms with Crippen molar-refractivity contribution in [1.82, 2.24) is 15.5 Å². The molecular weight excluding hydrogens is 677 g/mol. The lowest BCUT2D eigenvalue weighted by Gasteiger charge is -2.39. The molecule has 2 aromatic rings. The van der Waals surface area contributed by atoms with E-state index in [0.29, 0.717) is 24.0 Å². The summed E-state index contributed by atoms with van der Waals surface area (Å²) in [7, 11) is 2.73. The molecule has 1 heterocycles. The van der Waals surface area contributed by atoms with E-state index in [0.717, 1.165) is 4.90 Å². The summed E-state index contributed by atoms with van der Waals surface area (Å²) in [6.07, 6.45) is 0.704.